The van der Waals surface area contributed by atoms with E-state index in [-0.39, 0.29) is 11.4 Å². The monoisotopic (exact) mass is 392 g/mol. The minimum Gasteiger partial charge on any atom is -0.497 e. The molecule has 8 heteroatoms. The van der Waals surface area contributed by atoms with Gasteiger partial charge in [0.05, 0.1) is 18.4 Å². The summed E-state index contributed by atoms with van der Waals surface area (Å²) in [6, 6.07) is 9.00. The van der Waals surface area contributed by atoms with Crippen LogP contribution >= 0.6 is 11.3 Å². The molecule has 0 aliphatic rings. The van der Waals surface area contributed by atoms with Gasteiger partial charge < -0.3 is 9.26 Å². The van der Waals surface area contributed by atoms with E-state index in [1.54, 1.807) is 39.2 Å². The Bertz CT molecular complexity index is 1020. The lowest BCUT2D eigenvalue weighted by molar-refractivity contribution is 0.414. The molecule has 6 nitrogen and oxygen atoms in total. The normalized spacial score (nSPS) is 11.7. The first-order valence-corrected chi connectivity index (χ1v) is 10.3. The highest BCUT2D eigenvalue weighted by molar-refractivity contribution is 7.89. The van der Waals surface area contributed by atoms with Gasteiger partial charge in [0.15, 0.2) is 5.76 Å². The fraction of sp³-hybridized carbons (Fsp3) is 0.278. The third-order valence-corrected chi connectivity index (χ3v) is 6.70. The highest BCUT2D eigenvalue weighted by Crippen LogP contribution is 2.39. The minimum absolute atomic E-state index is 0.190. The molecule has 138 valence electrons. The molecule has 26 heavy (non-hydrogen) atoms. The molecule has 2 heterocycles. The number of ether oxygens (including phenoxy) is 1. The van der Waals surface area contributed by atoms with Crippen molar-refractivity contribution in [2.24, 2.45) is 0 Å². The van der Waals surface area contributed by atoms with Crippen LogP contribution in [0.15, 0.2) is 39.8 Å². The zero-order valence-corrected chi connectivity index (χ0v) is 16.6. The lowest BCUT2D eigenvalue weighted by Crippen LogP contribution is -2.24. The van der Waals surface area contributed by atoms with Crippen molar-refractivity contribution in [2.45, 2.75) is 32.2 Å². The van der Waals surface area contributed by atoms with Crippen molar-refractivity contribution in [3.05, 3.63) is 51.3 Å². The van der Waals surface area contributed by atoms with Gasteiger partial charge in [-0.2, -0.15) is 0 Å². The molecule has 0 spiro atoms. The molecule has 0 saturated heterocycles. The van der Waals surface area contributed by atoms with Crippen LogP contribution in [0.1, 0.15) is 21.0 Å². The number of rotatable bonds is 6. The summed E-state index contributed by atoms with van der Waals surface area (Å²) in [6.45, 7) is 5.67. The highest BCUT2D eigenvalue weighted by atomic mass is 32.2. The van der Waals surface area contributed by atoms with Crippen molar-refractivity contribution >= 4 is 21.4 Å². The molecule has 0 saturated carbocycles. The summed E-state index contributed by atoms with van der Waals surface area (Å²) in [5, 5.41) is 3.88. The summed E-state index contributed by atoms with van der Waals surface area (Å²) in [7, 11) is -2.12. The smallest absolute Gasteiger partial charge is 0.242 e. The summed E-state index contributed by atoms with van der Waals surface area (Å²) in [5.41, 5.74) is 2.13. The topological polar surface area (TPSA) is 81.4 Å². The zero-order valence-electron chi connectivity index (χ0n) is 15.0. The number of hydrogen-bond acceptors (Lipinski definition) is 6. The molecular formula is C18H20N2O4S2. The SMILES string of the molecule is COc1ccc(CNS(=O)(=O)c2c(C)sc(C)c2-c2cc(C)no2)cc1. The molecule has 0 atom stereocenters. The van der Waals surface area contributed by atoms with Gasteiger partial charge in [-0.3, -0.25) is 0 Å². The highest BCUT2D eigenvalue weighted by Gasteiger charge is 2.28. The van der Waals surface area contributed by atoms with E-state index in [1.165, 1.54) is 11.3 Å². The van der Waals surface area contributed by atoms with Gasteiger partial charge >= 0.3 is 0 Å². The Labute approximate surface area is 156 Å². The van der Waals surface area contributed by atoms with Crippen LogP contribution in [0.25, 0.3) is 11.3 Å². The van der Waals surface area contributed by atoms with Crippen LogP contribution < -0.4 is 9.46 Å². The summed E-state index contributed by atoms with van der Waals surface area (Å²) in [4.78, 5) is 1.85. The maximum absolute atomic E-state index is 13.0. The van der Waals surface area contributed by atoms with Crippen LogP contribution in [0.2, 0.25) is 0 Å². The Morgan fingerprint density at radius 3 is 2.42 bits per heavy atom. The number of hydrogen-bond donors (Lipinski definition) is 1. The third-order valence-electron chi connectivity index (χ3n) is 3.97. The van der Waals surface area contributed by atoms with Gasteiger partial charge in [-0.05, 0) is 38.5 Å². The summed E-state index contributed by atoms with van der Waals surface area (Å²) < 4.78 is 39.1. The number of methoxy groups -OCH3 is 1. The van der Waals surface area contributed by atoms with E-state index < -0.39 is 10.0 Å². The Kier molecular flexibility index (Phi) is 5.17. The molecule has 0 aliphatic heterocycles. The van der Waals surface area contributed by atoms with Gasteiger partial charge in [0, 0.05) is 22.4 Å². The molecule has 0 fully saturated rings. The Morgan fingerprint density at radius 2 is 1.85 bits per heavy atom. The number of thiophene rings is 1. The molecule has 3 aromatic rings. The molecule has 3 rings (SSSR count). The van der Waals surface area contributed by atoms with Gasteiger partial charge in [0.25, 0.3) is 0 Å². The van der Waals surface area contributed by atoms with E-state index >= 15 is 0 Å². The average Bonchev–Trinajstić information content (AvgIpc) is 3.16. The second-order valence-corrected chi connectivity index (χ2v) is 9.06. The number of aromatic nitrogens is 1. The van der Waals surface area contributed by atoms with E-state index in [4.69, 9.17) is 9.26 Å². The summed E-state index contributed by atoms with van der Waals surface area (Å²) >= 11 is 1.43. The number of nitrogens with one attached hydrogen (secondary N) is 1. The third kappa shape index (κ3) is 3.67. The van der Waals surface area contributed by atoms with Crippen LogP contribution in [0, 0.1) is 20.8 Å². The predicted octanol–water partition coefficient (Wildman–Crippen LogP) is 3.82. The lowest BCUT2D eigenvalue weighted by atomic mass is 10.2. The first-order chi connectivity index (χ1) is 12.3. The molecule has 0 bridgehead atoms. The lowest BCUT2D eigenvalue weighted by Gasteiger charge is -2.09. The van der Waals surface area contributed by atoms with E-state index in [0.29, 0.717) is 21.9 Å². The Morgan fingerprint density at radius 1 is 1.15 bits per heavy atom. The summed E-state index contributed by atoms with van der Waals surface area (Å²) in [6.07, 6.45) is 0. The van der Waals surface area contributed by atoms with Crippen LogP contribution in [0.3, 0.4) is 0 Å². The van der Waals surface area contributed by atoms with E-state index in [0.717, 1.165) is 16.2 Å². The number of aryl methyl sites for hydroxylation is 3. The summed E-state index contributed by atoms with van der Waals surface area (Å²) in [5.74, 6) is 1.19. The van der Waals surface area contributed by atoms with Crippen molar-refractivity contribution in [3.8, 4) is 17.1 Å². The van der Waals surface area contributed by atoms with Gasteiger partial charge in [-0.15, -0.1) is 11.3 Å². The molecule has 0 amide bonds. The maximum Gasteiger partial charge on any atom is 0.242 e. The number of nitrogens with zero attached hydrogens (tertiary/aromatic N) is 1. The Hall–Kier alpha value is -2.16. The fourth-order valence-corrected chi connectivity index (χ4v) is 5.63. The largest absolute Gasteiger partial charge is 0.497 e. The van der Waals surface area contributed by atoms with Crippen LogP contribution in [-0.4, -0.2) is 20.7 Å². The number of benzene rings is 1. The van der Waals surface area contributed by atoms with Crippen molar-refractivity contribution in [1.82, 2.24) is 9.88 Å². The van der Waals surface area contributed by atoms with Crippen molar-refractivity contribution in [2.75, 3.05) is 7.11 Å². The quantitative estimate of drug-likeness (QED) is 0.690. The standard InChI is InChI=1S/C18H20N2O4S2/c1-11-9-16(24-20-11)17-12(2)25-13(3)18(17)26(21,22)19-10-14-5-7-15(23-4)8-6-14/h5-9,19H,10H2,1-4H3. The molecule has 0 aliphatic carbocycles. The van der Waals surface area contributed by atoms with E-state index in [2.05, 4.69) is 9.88 Å². The average molecular weight is 393 g/mol. The molecular weight excluding hydrogens is 372 g/mol. The molecule has 0 unspecified atom stereocenters. The first-order valence-electron chi connectivity index (χ1n) is 7.98. The van der Waals surface area contributed by atoms with Gasteiger partial charge in [-0.1, -0.05) is 17.3 Å². The van der Waals surface area contributed by atoms with Gasteiger partial charge in [-0.25, -0.2) is 13.1 Å². The Balaban J connectivity index is 1.91. The molecule has 1 N–H and O–H groups in total. The first kappa shape index (κ1) is 18.6. The molecule has 2 aromatic heterocycles. The van der Waals surface area contributed by atoms with Crippen molar-refractivity contribution in [1.29, 1.82) is 0 Å². The van der Waals surface area contributed by atoms with E-state index in [1.807, 2.05) is 19.1 Å². The van der Waals surface area contributed by atoms with Crippen LogP contribution in [0.4, 0.5) is 0 Å². The van der Waals surface area contributed by atoms with E-state index in [9.17, 15) is 8.42 Å². The second-order valence-electron chi connectivity index (χ2n) is 5.92. The van der Waals surface area contributed by atoms with Crippen molar-refractivity contribution < 1.29 is 17.7 Å². The van der Waals surface area contributed by atoms with Crippen LogP contribution in [0.5, 0.6) is 5.75 Å². The van der Waals surface area contributed by atoms with Gasteiger partial charge in [0.1, 0.15) is 10.6 Å². The van der Waals surface area contributed by atoms with Crippen LogP contribution in [-0.2, 0) is 16.6 Å². The second kappa shape index (κ2) is 7.22. The molecule has 1 aromatic carbocycles. The minimum atomic E-state index is -3.71. The zero-order chi connectivity index (χ0) is 18.9. The number of sulfonamides is 1. The molecule has 0 radical (unpaired) electrons. The fourth-order valence-electron chi connectivity index (χ4n) is 2.75. The van der Waals surface area contributed by atoms with Crippen molar-refractivity contribution in [3.63, 3.8) is 0 Å². The maximum atomic E-state index is 13.0. The van der Waals surface area contributed by atoms with Gasteiger partial charge in [0.2, 0.25) is 10.0 Å². The predicted molar refractivity (Wildman–Crippen MR) is 101 cm³/mol.